The Hall–Kier alpha value is -1.00. The number of carbonyl (C=O) groups is 1. The molecule has 0 fully saturated rings. The van der Waals surface area contributed by atoms with Gasteiger partial charge in [0, 0.05) is 10.6 Å². The molecule has 1 aliphatic rings. The minimum Gasteiger partial charge on any atom is -0.467 e. The van der Waals surface area contributed by atoms with Crippen LogP contribution in [0.2, 0.25) is 0 Å². The van der Waals surface area contributed by atoms with Gasteiger partial charge in [-0.25, -0.2) is 4.79 Å². The molecule has 1 atom stereocenters. The summed E-state index contributed by atoms with van der Waals surface area (Å²) in [5.74, 6) is 0.417. The van der Waals surface area contributed by atoms with E-state index >= 15 is 0 Å². The SMILES string of the molecule is COC(=O)C(O)c1cccc2c1CCS2. The molecule has 0 saturated carbocycles. The molecular formula is C11H12O3S. The van der Waals surface area contributed by atoms with Gasteiger partial charge in [0.15, 0.2) is 6.10 Å². The third-order valence-electron chi connectivity index (χ3n) is 2.50. The Morgan fingerprint density at radius 2 is 2.40 bits per heavy atom. The molecule has 80 valence electrons. The van der Waals surface area contributed by atoms with Crippen molar-refractivity contribution < 1.29 is 14.6 Å². The van der Waals surface area contributed by atoms with Crippen LogP contribution in [0.4, 0.5) is 0 Å². The molecule has 0 radical (unpaired) electrons. The van der Waals surface area contributed by atoms with E-state index in [2.05, 4.69) is 4.74 Å². The molecule has 1 heterocycles. The highest BCUT2D eigenvalue weighted by Gasteiger charge is 2.24. The molecule has 1 aliphatic heterocycles. The van der Waals surface area contributed by atoms with Gasteiger partial charge < -0.3 is 9.84 Å². The van der Waals surface area contributed by atoms with E-state index in [-0.39, 0.29) is 0 Å². The van der Waals surface area contributed by atoms with Crippen molar-refractivity contribution in [1.29, 1.82) is 0 Å². The predicted molar refractivity (Wildman–Crippen MR) is 57.8 cm³/mol. The van der Waals surface area contributed by atoms with Gasteiger partial charge in [0.2, 0.25) is 0 Å². The second kappa shape index (κ2) is 4.24. The summed E-state index contributed by atoms with van der Waals surface area (Å²) >= 11 is 1.76. The molecule has 0 aliphatic carbocycles. The first-order valence-electron chi connectivity index (χ1n) is 4.74. The Morgan fingerprint density at radius 1 is 1.60 bits per heavy atom. The predicted octanol–water partition coefficient (Wildman–Crippen LogP) is 1.54. The molecule has 1 unspecified atom stereocenters. The first-order valence-corrected chi connectivity index (χ1v) is 5.73. The van der Waals surface area contributed by atoms with E-state index in [1.807, 2.05) is 12.1 Å². The summed E-state index contributed by atoms with van der Waals surface area (Å²) in [5.41, 5.74) is 1.77. The van der Waals surface area contributed by atoms with E-state index in [9.17, 15) is 9.90 Å². The number of methoxy groups -OCH3 is 1. The fraction of sp³-hybridized carbons (Fsp3) is 0.364. The van der Waals surface area contributed by atoms with E-state index in [1.54, 1.807) is 17.8 Å². The summed E-state index contributed by atoms with van der Waals surface area (Å²) in [6.45, 7) is 0. The second-order valence-corrected chi connectivity index (χ2v) is 4.48. The molecule has 3 nitrogen and oxygen atoms in total. The van der Waals surface area contributed by atoms with E-state index in [0.29, 0.717) is 5.56 Å². The highest BCUT2D eigenvalue weighted by Crippen LogP contribution is 2.35. The first kappa shape index (κ1) is 10.5. The fourth-order valence-electron chi connectivity index (χ4n) is 1.74. The molecule has 1 aromatic carbocycles. The van der Waals surface area contributed by atoms with Crippen LogP contribution in [0.25, 0.3) is 0 Å². The zero-order chi connectivity index (χ0) is 10.8. The number of ether oxygens (including phenoxy) is 1. The van der Waals surface area contributed by atoms with Crippen molar-refractivity contribution in [1.82, 2.24) is 0 Å². The standard InChI is InChI=1S/C11H12O3S/c1-14-11(13)10(12)8-3-2-4-9-7(8)5-6-15-9/h2-4,10,12H,5-6H2,1H3. The zero-order valence-corrected chi connectivity index (χ0v) is 9.21. The smallest absolute Gasteiger partial charge is 0.339 e. The monoisotopic (exact) mass is 224 g/mol. The van der Waals surface area contributed by atoms with Gasteiger partial charge in [-0.3, -0.25) is 0 Å². The lowest BCUT2D eigenvalue weighted by Gasteiger charge is -2.12. The van der Waals surface area contributed by atoms with Crippen molar-refractivity contribution >= 4 is 17.7 Å². The summed E-state index contributed by atoms with van der Waals surface area (Å²) in [7, 11) is 1.28. The molecule has 15 heavy (non-hydrogen) atoms. The second-order valence-electron chi connectivity index (χ2n) is 3.35. The average molecular weight is 224 g/mol. The van der Waals surface area contributed by atoms with Crippen molar-refractivity contribution in [2.75, 3.05) is 12.9 Å². The lowest BCUT2D eigenvalue weighted by atomic mass is 10.0. The summed E-state index contributed by atoms with van der Waals surface area (Å²) in [6, 6.07) is 5.66. The van der Waals surface area contributed by atoms with Gasteiger partial charge in [0.1, 0.15) is 0 Å². The summed E-state index contributed by atoms with van der Waals surface area (Å²) in [4.78, 5) is 12.4. The molecule has 0 amide bonds. The number of rotatable bonds is 2. The quantitative estimate of drug-likeness (QED) is 0.774. The van der Waals surface area contributed by atoms with Crippen LogP contribution in [0.3, 0.4) is 0 Å². The Kier molecular flexibility index (Phi) is 2.98. The van der Waals surface area contributed by atoms with E-state index in [4.69, 9.17) is 0 Å². The molecule has 0 spiro atoms. The molecule has 4 heteroatoms. The maximum absolute atomic E-state index is 11.2. The van der Waals surface area contributed by atoms with Crippen molar-refractivity contribution in [3.63, 3.8) is 0 Å². The fourth-order valence-corrected chi connectivity index (χ4v) is 2.84. The number of fused-ring (bicyclic) bond motifs is 1. The maximum Gasteiger partial charge on any atom is 0.339 e. The largest absolute Gasteiger partial charge is 0.467 e. The van der Waals surface area contributed by atoms with Crippen LogP contribution in [-0.4, -0.2) is 23.9 Å². The molecule has 2 rings (SSSR count). The molecule has 1 aromatic rings. The van der Waals surface area contributed by atoms with Gasteiger partial charge in [0.25, 0.3) is 0 Å². The molecule has 0 aromatic heterocycles. The minimum atomic E-state index is -1.15. The summed E-state index contributed by atoms with van der Waals surface area (Å²) < 4.78 is 4.53. The highest BCUT2D eigenvalue weighted by molar-refractivity contribution is 7.99. The topological polar surface area (TPSA) is 46.5 Å². The molecule has 0 saturated heterocycles. The number of hydrogen-bond acceptors (Lipinski definition) is 4. The number of thioether (sulfide) groups is 1. The van der Waals surface area contributed by atoms with Crippen LogP contribution in [0.5, 0.6) is 0 Å². The van der Waals surface area contributed by atoms with Crippen molar-refractivity contribution in [2.45, 2.75) is 17.4 Å². The number of aliphatic hydroxyl groups is 1. The zero-order valence-electron chi connectivity index (χ0n) is 8.40. The van der Waals surface area contributed by atoms with Crippen molar-refractivity contribution in [3.8, 4) is 0 Å². The van der Waals surface area contributed by atoms with Gasteiger partial charge in [-0.05, 0) is 23.6 Å². The Labute approximate surface area is 92.4 Å². The van der Waals surface area contributed by atoms with Crippen LogP contribution < -0.4 is 0 Å². The van der Waals surface area contributed by atoms with Crippen LogP contribution >= 0.6 is 11.8 Å². The first-order chi connectivity index (χ1) is 7.24. The van der Waals surface area contributed by atoms with Crippen molar-refractivity contribution in [3.05, 3.63) is 29.3 Å². The number of benzene rings is 1. The normalized spacial score (nSPS) is 15.9. The van der Waals surface area contributed by atoms with Crippen LogP contribution in [0.15, 0.2) is 23.1 Å². The highest BCUT2D eigenvalue weighted by atomic mass is 32.2. The van der Waals surface area contributed by atoms with E-state index < -0.39 is 12.1 Å². The molecular weight excluding hydrogens is 212 g/mol. The Morgan fingerprint density at radius 3 is 3.13 bits per heavy atom. The number of esters is 1. The van der Waals surface area contributed by atoms with Gasteiger partial charge in [-0.15, -0.1) is 11.8 Å². The Balaban J connectivity index is 2.36. The van der Waals surface area contributed by atoms with Crippen molar-refractivity contribution in [2.24, 2.45) is 0 Å². The minimum absolute atomic E-state index is 0.597. The third-order valence-corrected chi connectivity index (χ3v) is 3.60. The maximum atomic E-state index is 11.2. The van der Waals surface area contributed by atoms with Gasteiger partial charge in [0.05, 0.1) is 7.11 Å². The molecule has 1 N–H and O–H groups in total. The Bertz CT molecular complexity index is 389. The third kappa shape index (κ3) is 1.87. The van der Waals surface area contributed by atoms with Gasteiger partial charge in [-0.1, -0.05) is 12.1 Å². The van der Waals surface area contributed by atoms with E-state index in [0.717, 1.165) is 22.6 Å². The number of hydrogen-bond donors (Lipinski definition) is 1. The lowest BCUT2D eigenvalue weighted by molar-refractivity contribution is -0.150. The van der Waals surface area contributed by atoms with E-state index in [1.165, 1.54) is 7.11 Å². The van der Waals surface area contributed by atoms with Crippen LogP contribution in [0.1, 0.15) is 17.2 Å². The molecule has 0 bridgehead atoms. The summed E-state index contributed by atoms with van der Waals surface area (Å²) in [5, 5.41) is 9.77. The van der Waals surface area contributed by atoms with Crippen LogP contribution in [0, 0.1) is 0 Å². The van der Waals surface area contributed by atoms with Gasteiger partial charge in [-0.2, -0.15) is 0 Å². The average Bonchev–Trinajstić information content (AvgIpc) is 2.74. The number of carbonyl (C=O) groups excluding carboxylic acids is 1. The van der Waals surface area contributed by atoms with Gasteiger partial charge >= 0.3 is 5.97 Å². The van der Waals surface area contributed by atoms with Crippen LogP contribution in [-0.2, 0) is 16.0 Å². The summed E-state index contributed by atoms with van der Waals surface area (Å²) in [6.07, 6.45) is -0.242. The lowest BCUT2D eigenvalue weighted by Crippen LogP contribution is -2.15. The number of aliphatic hydroxyl groups excluding tert-OH is 1.